The van der Waals surface area contributed by atoms with Gasteiger partial charge in [-0.2, -0.15) is 0 Å². The van der Waals surface area contributed by atoms with Crippen LogP contribution in [0.1, 0.15) is 29.4 Å². The molecule has 1 unspecified atom stereocenters. The Balaban J connectivity index is 1.82. The van der Waals surface area contributed by atoms with E-state index in [1.165, 1.54) is 11.1 Å². The normalized spacial score (nSPS) is 17.1. The first kappa shape index (κ1) is 14.0. The van der Waals surface area contributed by atoms with Crippen LogP contribution in [0.4, 0.5) is 5.82 Å². The zero-order valence-electron chi connectivity index (χ0n) is 11.9. The quantitative estimate of drug-likeness (QED) is 0.871. The Morgan fingerprint density at radius 1 is 1.29 bits per heavy atom. The van der Waals surface area contributed by atoms with Crippen LogP contribution in [0.3, 0.4) is 0 Å². The van der Waals surface area contributed by atoms with Gasteiger partial charge in [-0.25, -0.2) is 9.97 Å². The van der Waals surface area contributed by atoms with Crippen molar-refractivity contribution in [3.8, 4) is 0 Å². The second-order valence-corrected chi connectivity index (χ2v) is 5.35. The molecule has 3 rings (SSSR count). The maximum atomic E-state index is 9.37. The van der Waals surface area contributed by atoms with Gasteiger partial charge in [0.1, 0.15) is 11.6 Å². The van der Waals surface area contributed by atoms with Crippen molar-refractivity contribution in [2.75, 3.05) is 18.9 Å². The first-order chi connectivity index (χ1) is 10.3. The van der Waals surface area contributed by atoms with Crippen LogP contribution < -0.4 is 5.73 Å². The summed E-state index contributed by atoms with van der Waals surface area (Å²) in [6, 6.07) is 10.5. The Hall–Kier alpha value is -1.98. The van der Waals surface area contributed by atoms with Gasteiger partial charge in [-0.15, -0.1) is 0 Å². The molecule has 1 aromatic heterocycles. The van der Waals surface area contributed by atoms with Crippen molar-refractivity contribution in [1.82, 2.24) is 14.9 Å². The van der Waals surface area contributed by atoms with Crippen LogP contribution in [0, 0.1) is 0 Å². The van der Waals surface area contributed by atoms with Gasteiger partial charge >= 0.3 is 0 Å². The van der Waals surface area contributed by atoms with Gasteiger partial charge in [-0.05, 0) is 30.0 Å². The van der Waals surface area contributed by atoms with Crippen molar-refractivity contribution in [1.29, 1.82) is 0 Å². The molecule has 110 valence electrons. The minimum atomic E-state index is 0.126. The highest BCUT2D eigenvalue weighted by Gasteiger charge is 2.27. The van der Waals surface area contributed by atoms with E-state index in [0.29, 0.717) is 30.8 Å². The molecular weight excluding hydrogens is 264 g/mol. The Kier molecular flexibility index (Phi) is 4.13. The van der Waals surface area contributed by atoms with Gasteiger partial charge in [-0.3, -0.25) is 4.90 Å². The number of fused-ring (bicyclic) bond motifs is 1. The number of nitrogens with zero attached hydrogens (tertiary/aromatic N) is 3. The average molecular weight is 284 g/mol. The number of aryl methyl sites for hydroxylation is 1. The van der Waals surface area contributed by atoms with E-state index in [4.69, 9.17) is 5.73 Å². The van der Waals surface area contributed by atoms with E-state index in [1.54, 1.807) is 12.3 Å². The molecule has 0 bridgehead atoms. The molecule has 0 aliphatic heterocycles. The van der Waals surface area contributed by atoms with Crippen molar-refractivity contribution < 1.29 is 5.11 Å². The topological polar surface area (TPSA) is 75.3 Å². The Labute approximate surface area is 124 Å². The third-order valence-electron chi connectivity index (χ3n) is 4.00. The Bertz CT molecular complexity index is 617. The summed E-state index contributed by atoms with van der Waals surface area (Å²) in [5, 5.41) is 9.37. The molecule has 5 nitrogen and oxygen atoms in total. The number of hydrogen-bond donors (Lipinski definition) is 2. The monoisotopic (exact) mass is 284 g/mol. The zero-order valence-corrected chi connectivity index (χ0v) is 11.9. The van der Waals surface area contributed by atoms with Crippen LogP contribution in [-0.2, 0) is 13.0 Å². The van der Waals surface area contributed by atoms with Crippen LogP contribution in [0.2, 0.25) is 0 Å². The minimum absolute atomic E-state index is 0.126. The molecule has 1 atom stereocenters. The van der Waals surface area contributed by atoms with Crippen molar-refractivity contribution in [2.45, 2.75) is 25.4 Å². The summed E-state index contributed by atoms with van der Waals surface area (Å²) in [6.45, 7) is 1.34. The second-order valence-electron chi connectivity index (χ2n) is 5.35. The highest BCUT2D eigenvalue weighted by atomic mass is 16.3. The molecule has 1 heterocycles. The van der Waals surface area contributed by atoms with Crippen molar-refractivity contribution in [3.05, 3.63) is 53.5 Å². The lowest BCUT2D eigenvalue weighted by atomic mass is 10.1. The van der Waals surface area contributed by atoms with Gasteiger partial charge in [0.25, 0.3) is 0 Å². The van der Waals surface area contributed by atoms with Gasteiger partial charge in [0, 0.05) is 18.8 Å². The fourth-order valence-electron chi connectivity index (χ4n) is 3.06. The highest BCUT2D eigenvalue weighted by Crippen LogP contribution is 2.35. The van der Waals surface area contributed by atoms with E-state index in [9.17, 15) is 5.11 Å². The molecule has 0 saturated carbocycles. The molecular formula is C16H20N4O. The minimum Gasteiger partial charge on any atom is -0.395 e. The number of hydrogen-bond acceptors (Lipinski definition) is 5. The molecule has 0 spiro atoms. The summed E-state index contributed by atoms with van der Waals surface area (Å²) in [6.07, 6.45) is 3.83. The van der Waals surface area contributed by atoms with Crippen LogP contribution in [0.25, 0.3) is 0 Å². The van der Waals surface area contributed by atoms with Gasteiger partial charge in [0.05, 0.1) is 13.2 Å². The van der Waals surface area contributed by atoms with Crippen LogP contribution in [0.15, 0.2) is 36.5 Å². The standard InChI is InChI=1S/C16H20N4O/c17-15-7-8-18-16(19-15)11-20(9-10-21)14-6-5-12-3-1-2-4-13(12)14/h1-4,7-8,14,21H,5-6,9-11H2,(H2,17,18,19). The maximum Gasteiger partial charge on any atom is 0.144 e. The summed E-state index contributed by atoms with van der Waals surface area (Å²) >= 11 is 0. The van der Waals surface area contributed by atoms with E-state index in [-0.39, 0.29) is 6.61 Å². The lowest BCUT2D eigenvalue weighted by molar-refractivity contribution is 0.140. The number of nitrogens with two attached hydrogens (primary N) is 1. The van der Waals surface area contributed by atoms with Crippen LogP contribution >= 0.6 is 0 Å². The van der Waals surface area contributed by atoms with Crippen molar-refractivity contribution in [3.63, 3.8) is 0 Å². The average Bonchev–Trinajstić information content (AvgIpc) is 2.91. The molecule has 5 heteroatoms. The molecule has 0 fully saturated rings. The second kappa shape index (κ2) is 6.20. The summed E-state index contributed by atoms with van der Waals surface area (Å²) in [5.41, 5.74) is 8.48. The summed E-state index contributed by atoms with van der Waals surface area (Å²) in [4.78, 5) is 10.8. The highest BCUT2D eigenvalue weighted by molar-refractivity contribution is 5.34. The molecule has 0 saturated heterocycles. The number of nitrogen functional groups attached to an aromatic ring is 1. The molecule has 1 aromatic carbocycles. The number of aromatic nitrogens is 2. The van der Waals surface area contributed by atoms with E-state index in [2.05, 4.69) is 39.1 Å². The smallest absolute Gasteiger partial charge is 0.144 e. The first-order valence-electron chi connectivity index (χ1n) is 7.28. The van der Waals surface area contributed by atoms with Crippen molar-refractivity contribution in [2.24, 2.45) is 0 Å². The van der Waals surface area contributed by atoms with E-state index >= 15 is 0 Å². The van der Waals surface area contributed by atoms with Gasteiger partial charge in [0.15, 0.2) is 0 Å². The lowest BCUT2D eigenvalue weighted by Gasteiger charge is -2.28. The molecule has 0 radical (unpaired) electrons. The summed E-state index contributed by atoms with van der Waals surface area (Å²) < 4.78 is 0. The summed E-state index contributed by atoms with van der Waals surface area (Å²) in [5.74, 6) is 1.18. The van der Waals surface area contributed by atoms with Crippen molar-refractivity contribution >= 4 is 5.82 Å². The van der Waals surface area contributed by atoms with E-state index in [0.717, 1.165) is 12.8 Å². The number of rotatable bonds is 5. The van der Waals surface area contributed by atoms with Gasteiger partial charge < -0.3 is 10.8 Å². The Morgan fingerprint density at radius 2 is 2.14 bits per heavy atom. The van der Waals surface area contributed by atoms with E-state index < -0.39 is 0 Å². The predicted octanol–water partition coefficient (Wildman–Crippen LogP) is 1.54. The zero-order chi connectivity index (χ0) is 14.7. The first-order valence-corrected chi connectivity index (χ1v) is 7.28. The Morgan fingerprint density at radius 3 is 2.95 bits per heavy atom. The van der Waals surface area contributed by atoms with Crippen LogP contribution in [0.5, 0.6) is 0 Å². The fraction of sp³-hybridized carbons (Fsp3) is 0.375. The molecule has 3 N–H and O–H groups in total. The molecule has 21 heavy (non-hydrogen) atoms. The van der Waals surface area contributed by atoms with Gasteiger partial charge in [0.2, 0.25) is 0 Å². The number of benzene rings is 1. The number of anilines is 1. The van der Waals surface area contributed by atoms with Gasteiger partial charge in [-0.1, -0.05) is 24.3 Å². The largest absolute Gasteiger partial charge is 0.395 e. The fourth-order valence-corrected chi connectivity index (χ4v) is 3.06. The number of aliphatic hydroxyl groups excluding tert-OH is 1. The molecule has 1 aliphatic carbocycles. The SMILES string of the molecule is Nc1ccnc(CN(CCO)C2CCc3ccccc32)n1. The molecule has 1 aliphatic rings. The third-order valence-corrected chi connectivity index (χ3v) is 4.00. The molecule has 2 aromatic rings. The third kappa shape index (κ3) is 3.04. The maximum absolute atomic E-state index is 9.37. The number of aliphatic hydroxyl groups is 1. The molecule has 0 amide bonds. The lowest BCUT2D eigenvalue weighted by Crippen LogP contribution is -2.30. The van der Waals surface area contributed by atoms with E-state index in [1.807, 2.05) is 0 Å². The summed E-state index contributed by atoms with van der Waals surface area (Å²) in [7, 11) is 0. The predicted molar refractivity (Wildman–Crippen MR) is 81.4 cm³/mol. The van der Waals surface area contributed by atoms with Crippen LogP contribution in [-0.4, -0.2) is 33.1 Å².